The number of aryl methyl sites for hydroxylation is 1. The van der Waals surface area contributed by atoms with E-state index in [4.69, 9.17) is 14.6 Å². The number of aliphatic carboxylic acids is 1. The van der Waals surface area contributed by atoms with Crippen molar-refractivity contribution in [2.45, 2.75) is 46.1 Å². The van der Waals surface area contributed by atoms with Gasteiger partial charge in [0.2, 0.25) is 0 Å². The number of hydrogen-bond acceptors (Lipinski definition) is 5. The molecule has 0 atom stereocenters. The van der Waals surface area contributed by atoms with E-state index in [0.29, 0.717) is 33.3 Å². The summed E-state index contributed by atoms with van der Waals surface area (Å²) in [4.78, 5) is 16.4. The number of carboxylic acid groups (broad SMARTS) is 1. The predicted octanol–water partition coefficient (Wildman–Crippen LogP) is 6.13. The lowest BCUT2D eigenvalue weighted by Crippen LogP contribution is -2.07. The zero-order valence-corrected chi connectivity index (χ0v) is 18.5. The molecule has 0 spiro atoms. The molecule has 1 heterocycles. The number of ether oxygens (including phenoxy) is 2. The van der Waals surface area contributed by atoms with Gasteiger partial charge in [-0.3, -0.25) is 4.79 Å². The Morgan fingerprint density at radius 3 is 2.38 bits per heavy atom. The largest absolute Gasteiger partial charge is 0.491 e. The van der Waals surface area contributed by atoms with Gasteiger partial charge in [-0.1, -0.05) is 12.1 Å². The molecule has 3 rings (SSSR count). The molecule has 0 radical (unpaired) electrons. The van der Waals surface area contributed by atoms with Crippen molar-refractivity contribution < 1.29 is 32.5 Å². The minimum atomic E-state index is -4.39. The molecule has 170 valence electrons. The van der Waals surface area contributed by atoms with Crippen LogP contribution in [-0.2, 0) is 24.0 Å². The fourth-order valence-electron chi connectivity index (χ4n) is 2.97. The summed E-state index contributed by atoms with van der Waals surface area (Å²) in [6.07, 6.45) is -4.63. The zero-order valence-electron chi connectivity index (χ0n) is 17.7. The van der Waals surface area contributed by atoms with Gasteiger partial charge in [-0.15, -0.1) is 11.3 Å². The highest BCUT2D eigenvalue weighted by Crippen LogP contribution is 2.33. The number of nitrogens with zero attached hydrogens (tertiary/aromatic N) is 1. The molecule has 0 amide bonds. The standard InChI is InChI=1S/C23H22F3NO4S/c1-13(2)31-19-9-15(10-21(28)29)8-18(11-19)30-12-20-14(3)27-22(32-20)16-4-6-17(7-5-16)23(24,25)26/h4-9,11,13H,10,12H2,1-3H3,(H,28,29). The third-order valence-electron chi connectivity index (χ3n) is 4.39. The molecular formula is C23H22F3NO4S. The average molecular weight is 465 g/mol. The third-order valence-corrected chi connectivity index (χ3v) is 5.57. The van der Waals surface area contributed by atoms with Gasteiger partial charge in [-0.2, -0.15) is 13.2 Å². The highest BCUT2D eigenvalue weighted by molar-refractivity contribution is 7.15. The Labute approximate surface area is 187 Å². The Hall–Kier alpha value is -3.07. The van der Waals surface area contributed by atoms with Crippen molar-refractivity contribution in [3.63, 3.8) is 0 Å². The minimum absolute atomic E-state index is 0.0852. The van der Waals surface area contributed by atoms with Gasteiger partial charge >= 0.3 is 12.1 Å². The molecule has 0 saturated carbocycles. The van der Waals surface area contributed by atoms with Crippen LogP contribution in [0.2, 0.25) is 0 Å². The van der Waals surface area contributed by atoms with E-state index in [-0.39, 0.29) is 19.1 Å². The first-order chi connectivity index (χ1) is 15.0. The van der Waals surface area contributed by atoms with E-state index in [1.807, 2.05) is 13.8 Å². The number of thiazole rings is 1. The number of carbonyl (C=O) groups is 1. The molecule has 0 bridgehead atoms. The van der Waals surface area contributed by atoms with Gasteiger partial charge in [0.05, 0.1) is 28.7 Å². The maximum atomic E-state index is 12.8. The summed E-state index contributed by atoms with van der Waals surface area (Å²) < 4.78 is 49.9. The maximum absolute atomic E-state index is 12.8. The van der Waals surface area contributed by atoms with Crippen molar-refractivity contribution in [3.8, 4) is 22.1 Å². The number of rotatable bonds is 8. The topological polar surface area (TPSA) is 68.7 Å². The number of carboxylic acids is 1. The normalized spacial score (nSPS) is 11.6. The highest BCUT2D eigenvalue weighted by Gasteiger charge is 2.30. The summed E-state index contributed by atoms with van der Waals surface area (Å²) >= 11 is 1.33. The Balaban J connectivity index is 1.77. The van der Waals surface area contributed by atoms with Crippen LogP contribution < -0.4 is 9.47 Å². The van der Waals surface area contributed by atoms with Crippen LogP contribution in [0.4, 0.5) is 13.2 Å². The molecule has 3 aromatic rings. The number of alkyl halides is 3. The lowest BCUT2D eigenvalue weighted by molar-refractivity contribution is -0.138. The lowest BCUT2D eigenvalue weighted by Gasteiger charge is -2.13. The summed E-state index contributed by atoms with van der Waals surface area (Å²) in [7, 11) is 0. The van der Waals surface area contributed by atoms with Crippen molar-refractivity contribution in [2.75, 3.05) is 0 Å². The van der Waals surface area contributed by atoms with Gasteiger partial charge in [-0.25, -0.2) is 4.98 Å². The van der Waals surface area contributed by atoms with Gasteiger partial charge in [0.25, 0.3) is 0 Å². The van der Waals surface area contributed by atoms with Crippen molar-refractivity contribution in [3.05, 3.63) is 64.2 Å². The first kappa shape index (κ1) is 23.6. The van der Waals surface area contributed by atoms with Crippen LogP contribution in [0.3, 0.4) is 0 Å². The van der Waals surface area contributed by atoms with Gasteiger partial charge in [0.1, 0.15) is 23.1 Å². The molecule has 1 N–H and O–H groups in total. The van der Waals surface area contributed by atoms with E-state index in [0.717, 1.165) is 17.0 Å². The van der Waals surface area contributed by atoms with Crippen LogP contribution in [0.25, 0.3) is 10.6 Å². The van der Waals surface area contributed by atoms with Gasteiger partial charge in [0, 0.05) is 11.6 Å². The monoisotopic (exact) mass is 465 g/mol. The molecule has 0 fully saturated rings. The number of aromatic nitrogens is 1. The Bertz CT molecular complexity index is 1090. The van der Waals surface area contributed by atoms with E-state index in [1.54, 1.807) is 25.1 Å². The van der Waals surface area contributed by atoms with Crippen molar-refractivity contribution in [1.29, 1.82) is 0 Å². The Morgan fingerprint density at radius 2 is 1.78 bits per heavy atom. The van der Waals surface area contributed by atoms with Crippen LogP contribution in [0.5, 0.6) is 11.5 Å². The van der Waals surface area contributed by atoms with E-state index < -0.39 is 17.7 Å². The van der Waals surface area contributed by atoms with Crippen molar-refractivity contribution in [1.82, 2.24) is 4.98 Å². The van der Waals surface area contributed by atoms with Gasteiger partial charge in [0.15, 0.2) is 0 Å². The summed E-state index contributed by atoms with van der Waals surface area (Å²) in [5.41, 5.74) is 1.15. The summed E-state index contributed by atoms with van der Waals surface area (Å²) in [5.74, 6) is 0.0145. The van der Waals surface area contributed by atoms with Gasteiger partial charge in [-0.05, 0) is 50.6 Å². The van der Waals surface area contributed by atoms with Crippen LogP contribution >= 0.6 is 11.3 Å². The fraction of sp³-hybridized carbons (Fsp3) is 0.304. The molecule has 32 heavy (non-hydrogen) atoms. The third kappa shape index (κ3) is 6.23. The zero-order chi connectivity index (χ0) is 23.5. The summed E-state index contributed by atoms with van der Waals surface area (Å²) in [6.45, 7) is 5.72. The second-order valence-corrected chi connectivity index (χ2v) is 8.52. The van der Waals surface area contributed by atoms with Crippen LogP contribution in [0.1, 0.15) is 35.5 Å². The summed E-state index contributed by atoms with van der Waals surface area (Å²) in [6, 6.07) is 9.88. The molecule has 0 aliphatic carbocycles. The average Bonchev–Trinajstić information content (AvgIpc) is 3.05. The van der Waals surface area contributed by atoms with Crippen LogP contribution in [0.15, 0.2) is 42.5 Å². The molecule has 0 aliphatic rings. The first-order valence-electron chi connectivity index (χ1n) is 9.80. The lowest BCUT2D eigenvalue weighted by atomic mass is 10.1. The molecule has 9 heteroatoms. The van der Waals surface area contributed by atoms with Crippen molar-refractivity contribution >= 4 is 17.3 Å². The Morgan fingerprint density at radius 1 is 1.12 bits per heavy atom. The second-order valence-electron chi connectivity index (χ2n) is 7.44. The van der Waals surface area contributed by atoms with E-state index in [1.165, 1.54) is 23.5 Å². The molecule has 1 aromatic heterocycles. The second kappa shape index (κ2) is 9.60. The van der Waals surface area contributed by atoms with Crippen molar-refractivity contribution in [2.24, 2.45) is 0 Å². The minimum Gasteiger partial charge on any atom is -0.491 e. The smallest absolute Gasteiger partial charge is 0.416 e. The summed E-state index contributed by atoms with van der Waals surface area (Å²) in [5, 5.41) is 9.69. The van der Waals surface area contributed by atoms with E-state index in [9.17, 15) is 18.0 Å². The van der Waals surface area contributed by atoms with Crippen LogP contribution in [0, 0.1) is 6.92 Å². The van der Waals surface area contributed by atoms with E-state index in [2.05, 4.69) is 4.98 Å². The quantitative estimate of drug-likeness (QED) is 0.433. The highest BCUT2D eigenvalue weighted by atomic mass is 32.1. The molecule has 0 saturated heterocycles. The molecule has 5 nitrogen and oxygen atoms in total. The Kier molecular flexibility index (Phi) is 7.08. The first-order valence-corrected chi connectivity index (χ1v) is 10.6. The number of halogens is 3. The molecular weight excluding hydrogens is 443 g/mol. The molecule has 0 aliphatic heterocycles. The maximum Gasteiger partial charge on any atom is 0.416 e. The van der Waals surface area contributed by atoms with Crippen LogP contribution in [-0.4, -0.2) is 22.2 Å². The van der Waals surface area contributed by atoms with Gasteiger partial charge < -0.3 is 14.6 Å². The fourth-order valence-corrected chi connectivity index (χ4v) is 3.95. The van der Waals surface area contributed by atoms with E-state index >= 15 is 0 Å². The molecule has 0 unspecified atom stereocenters. The SMILES string of the molecule is Cc1nc(-c2ccc(C(F)(F)F)cc2)sc1COc1cc(CC(=O)O)cc(OC(C)C)c1. The molecule has 2 aromatic carbocycles. The number of hydrogen-bond donors (Lipinski definition) is 1. The predicted molar refractivity (Wildman–Crippen MR) is 115 cm³/mol. The number of benzene rings is 2.